The van der Waals surface area contributed by atoms with Crippen LogP contribution in [0.4, 0.5) is 0 Å². The molecule has 15 heavy (non-hydrogen) atoms. The third kappa shape index (κ3) is 1.28. The van der Waals surface area contributed by atoms with Gasteiger partial charge in [-0.15, -0.1) is 0 Å². The number of rotatable bonds is 1. The molecule has 2 nitrogen and oxygen atoms in total. The van der Waals surface area contributed by atoms with E-state index in [1.807, 2.05) is 18.2 Å². The molecule has 1 saturated carbocycles. The fourth-order valence-corrected chi connectivity index (χ4v) is 2.06. The zero-order valence-electron chi connectivity index (χ0n) is 8.27. The van der Waals surface area contributed by atoms with E-state index < -0.39 is 0 Å². The highest BCUT2D eigenvalue weighted by molar-refractivity contribution is 5.84. The van der Waals surface area contributed by atoms with Gasteiger partial charge in [0, 0.05) is 11.6 Å². The number of nitriles is 1. The van der Waals surface area contributed by atoms with Gasteiger partial charge < -0.3 is 0 Å². The minimum Gasteiger partial charge on any atom is -0.255 e. The van der Waals surface area contributed by atoms with Gasteiger partial charge in [-0.2, -0.15) is 5.26 Å². The van der Waals surface area contributed by atoms with Crippen molar-refractivity contribution in [3.05, 3.63) is 41.6 Å². The molecule has 1 heterocycles. The predicted molar refractivity (Wildman–Crippen MR) is 58.4 cm³/mol. The van der Waals surface area contributed by atoms with Gasteiger partial charge >= 0.3 is 0 Å². The summed E-state index contributed by atoms with van der Waals surface area (Å²) in [4.78, 5) is 4.30. The van der Waals surface area contributed by atoms with Crippen molar-refractivity contribution < 1.29 is 0 Å². The average Bonchev–Trinajstić information content (AvgIpc) is 3.11. The molecule has 3 rings (SSSR count). The molecular formula is C13H10N2. The van der Waals surface area contributed by atoms with Crippen molar-refractivity contribution in [2.45, 2.75) is 18.8 Å². The van der Waals surface area contributed by atoms with Crippen LogP contribution in [0.15, 0.2) is 30.5 Å². The Morgan fingerprint density at radius 2 is 2.07 bits per heavy atom. The largest absolute Gasteiger partial charge is 0.255 e. The van der Waals surface area contributed by atoms with Gasteiger partial charge in [-0.3, -0.25) is 4.98 Å². The molecule has 0 N–H and O–H groups in total. The SMILES string of the molecule is N#Cc1cnc2ccccc2c1C1CC1. The summed E-state index contributed by atoms with van der Waals surface area (Å²) in [6.07, 6.45) is 4.13. The lowest BCUT2D eigenvalue weighted by atomic mass is 10.0. The Morgan fingerprint density at radius 1 is 1.27 bits per heavy atom. The van der Waals surface area contributed by atoms with Gasteiger partial charge in [-0.25, -0.2) is 0 Å². The molecule has 0 unspecified atom stereocenters. The predicted octanol–water partition coefficient (Wildman–Crippen LogP) is 2.98. The standard InChI is InChI=1S/C13H10N2/c14-7-10-8-15-12-4-2-1-3-11(12)13(10)9-5-6-9/h1-4,8-9H,5-6H2. The fraction of sp³-hybridized carbons (Fsp3) is 0.231. The van der Waals surface area contributed by atoms with Crippen LogP contribution in [0.25, 0.3) is 10.9 Å². The maximum Gasteiger partial charge on any atom is 0.101 e. The Hall–Kier alpha value is -1.88. The number of hydrogen-bond acceptors (Lipinski definition) is 2. The molecule has 0 saturated heterocycles. The molecule has 2 aromatic rings. The topological polar surface area (TPSA) is 36.7 Å². The van der Waals surface area contributed by atoms with E-state index in [0.717, 1.165) is 16.5 Å². The number of para-hydroxylation sites is 1. The van der Waals surface area contributed by atoms with Crippen molar-refractivity contribution >= 4 is 10.9 Å². The van der Waals surface area contributed by atoms with E-state index in [1.54, 1.807) is 6.20 Å². The summed E-state index contributed by atoms with van der Waals surface area (Å²) in [7, 11) is 0. The van der Waals surface area contributed by atoms with Crippen LogP contribution in [0.5, 0.6) is 0 Å². The van der Waals surface area contributed by atoms with Gasteiger partial charge in [0.25, 0.3) is 0 Å². The Bertz CT molecular complexity index is 562. The lowest BCUT2D eigenvalue weighted by molar-refractivity contribution is 1.12. The van der Waals surface area contributed by atoms with E-state index in [9.17, 15) is 0 Å². The van der Waals surface area contributed by atoms with Crippen LogP contribution in [-0.4, -0.2) is 4.98 Å². The molecule has 1 fully saturated rings. The summed E-state index contributed by atoms with van der Waals surface area (Å²) >= 11 is 0. The van der Waals surface area contributed by atoms with Crippen LogP contribution in [0.3, 0.4) is 0 Å². The number of fused-ring (bicyclic) bond motifs is 1. The van der Waals surface area contributed by atoms with E-state index in [4.69, 9.17) is 5.26 Å². The molecule has 2 heteroatoms. The maximum atomic E-state index is 9.06. The summed E-state index contributed by atoms with van der Waals surface area (Å²) in [5, 5.41) is 10.2. The van der Waals surface area contributed by atoms with Gasteiger partial charge in [-0.05, 0) is 30.4 Å². The van der Waals surface area contributed by atoms with E-state index in [0.29, 0.717) is 5.92 Å². The van der Waals surface area contributed by atoms with Crippen LogP contribution in [-0.2, 0) is 0 Å². The number of benzene rings is 1. The monoisotopic (exact) mass is 194 g/mol. The van der Waals surface area contributed by atoms with Crippen molar-refractivity contribution in [1.82, 2.24) is 4.98 Å². The first-order valence-corrected chi connectivity index (χ1v) is 5.18. The van der Waals surface area contributed by atoms with E-state index >= 15 is 0 Å². The Kier molecular flexibility index (Phi) is 1.72. The first-order valence-electron chi connectivity index (χ1n) is 5.18. The van der Waals surface area contributed by atoms with Gasteiger partial charge in [-0.1, -0.05) is 18.2 Å². The number of nitrogens with zero attached hydrogens (tertiary/aromatic N) is 2. The van der Waals surface area contributed by atoms with Crippen LogP contribution in [0.2, 0.25) is 0 Å². The quantitative estimate of drug-likeness (QED) is 0.699. The molecule has 1 aliphatic rings. The highest BCUT2D eigenvalue weighted by atomic mass is 14.7. The molecule has 1 aromatic heterocycles. The van der Waals surface area contributed by atoms with Crippen molar-refractivity contribution in [2.75, 3.05) is 0 Å². The van der Waals surface area contributed by atoms with Crippen molar-refractivity contribution in [2.24, 2.45) is 0 Å². The Morgan fingerprint density at radius 3 is 2.80 bits per heavy atom. The second-order valence-electron chi connectivity index (χ2n) is 3.99. The van der Waals surface area contributed by atoms with E-state index in [-0.39, 0.29) is 0 Å². The molecule has 72 valence electrons. The first-order chi connectivity index (χ1) is 7.40. The van der Waals surface area contributed by atoms with E-state index in [2.05, 4.69) is 17.1 Å². The second-order valence-corrected chi connectivity index (χ2v) is 3.99. The summed E-state index contributed by atoms with van der Waals surface area (Å²) < 4.78 is 0. The van der Waals surface area contributed by atoms with Gasteiger partial charge in [0.15, 0.2) is 0 Å². The third-order valence-corrected chi connectivity index (χ3v) is 2.92. The van der Waals surface area contributed by atoms with Gasteiger partial charge in [0.2, 0.25) is 0 Å². The highest BCUT2D eigenvalue weighted by Crippen LogP contribution is 2.44. The average molecular weight is 194 g/mol. The minimum atomic E-state index is 0.590. The van der Waals surface area contributed by atoms with E-state index in [1.165, 1.54) is 18.4 Å². The van der Waals surface area contributed by atoms with Crippen molar-refractivity contribution in [3.63, 3.8) is 0 Å². The number of hydrogen-bond donors (Lipinski definition) is 0. The van der Waals surface area contributed by atoms with Crippen LogP contribution < -0.4 is 0 Å². The lowest BCUT2D eigenvalue weighted by Crippen LogP contribution is -1.91. The van der Waals surface area contributed by atoms with Crippen molar-refractivity contribution in [3.8, 4) is 6.07 Å². The highest BCUT2D eigenvalue weighted by Gasteiger charge is 2.28. The maximum absolute atomic E-state index is 9.06. The first kappa shape index (κ1) is 8.43. The number of aromatic nitrogens is 1. The van der Waals surface area contributed by atoms with Crippen LogP contribution in [0, 0.1) is 11.3 Å². The van der Waals surface area contributed by atoms with Crippen LogP contribution in [0.1, 0.15) is 29.9 Å². The molecule has 1 aliphatic carbocycles. The lowest BCUT2D eigenvalue weighted by Gasteiger charge is -2.06. The summed E-state index contributed by atoms with van der Waals surface area (Å²) in [6, 6.07) is 10.3. The zero-order chi connectivity index (χ0) is 10.3. The molecule has 0 atom stereocenters. The minimum absolute atomic E-state index is 0.590. The summed E-state index contributed by atoms with van der Waals surface area (Å²) in [5.74, 6) is 0.590. The second kappa shape index (κ2) is 3.06. The Balaban J connectivity index is 2.38. The molecule has 0 aliphatic heterocycles. The smallest absolute Gasteiger partial charge is 0.101 e. The summed E-state index contributed by atoms with van der Waals surface area (Å²) in [5.41, 5.74) is 2.96. The number of pyridine rings is 1. The van der Waals surface area contributed by atoms with Crippen LogP contribution >= 0.6 is 0 Å². The zero-order valence-corrected chi connectivity index (χ0v) is 8.27. The fourth-order valence-electron chi connectivity index (χ4n) is 2.06. The van der Waals surface area contributed by atoms with Gasteiger partial charge in [0.1, 0.15) is 6.07 Å². The molecule has 0 radical (unpaired) electrons. The summed E-state index contributed by atoms with van der Waals surface area (Å²) in [6.45, 7) is 0. The molecule has 1 aromatic carbocycles. The third-order valence-electron chi connectivity index (χ3n) is 2.92. The molecule has 0 spiro atoms. The molecular weight excluding hydrogens is 184 g/mol. The molecule has 0 bridgehead atoms. The van der Waals surface area contributed by atoms with Crippen molar-refractivity contribution in [1.29, 1.82) is 5.26 Å². The molecule has 0 amide bonds. The normalized spacial score (nSPS) is 15.1. The van der Waals surface area contributed by atoms with Gasteiger partial charge in [0.05, 0.1) is 11.1 Å². The Labute approximate surface area is 88.2 Å².